The van der Waals surface area contributed by atoms with Crippen molar-refractivity contribution in [1.82, 2.24) is 20.9 Å². The Bertz CT molecular complexity index is 692. The number of nitrogens with one attached hydrogen (secondary N) is 4. The molecule has 4 N–H and O–H groups in total. The van der Waals surface area contributed by atoms with Gasteiger partial charge < -0.3 is 21.3 Å². The molecule has 1 unspecified atom stereocenters. The van der Waals surface area contributed by atoms with Crippen molar-refractivity contribution in [2.75, 3.05) is 18.9 Å². The van der Waals surface area contributed by atoms with E-state index in [9.17, 15) is 22.8 Å². The summed E-state index contributed by atoms with van der Waals surface area (Å²) >= 11 is 5.68. The highest BCUT2D eigenvalue weighted by Gasteiger charge is 2.37. The number of anilines is 1. The van der Waals surface area contributed by atoms with Gasteiger partial charge in [0.2, 0.25) is 5.91 Å². The first kappa shape index (κ1) is 22.6. The fourth-order valence-electron chi connectivity index (χ4n) is 1.95. The van der Waals surface area contributed by atoms with E-state index in [0.717, 1.165) is 6.92 Å². The summed E-state index contributed by atoms with van der Waals surface area (Å²) in [7, 11) is 1.44. The quantitative estimate of drug-likeness (QED) is 0.392. The van der Waals surface area contributed by atoms with Crippen LogP contribution in [0, 0.1) is 5.92 Å². The highest BCUT2D eigenvalue weighted by Crippen LogP contribution is 2.28. The van der Waals surface area contributed by atoms with E-state index in [1.807, 2.05) is 0 Å². The summed E-state index contributed by atoms with van der Waals surface area (Å²) in [6, 6.07) is 3.00. The van der Waals surface area contributed by atoms with Crippen LogP contribution in [0.25, 0.3) is 0 Å². The number of hydrogen-bond donors (Lipinski definition) is 4. The molecule has 27 heavy (non-hydrogen) atoms. The smallest absolute Gasteiger partial charge is 0.381 e. The van der Waals surface area contributed by atoms with Gasteiger partial charge in [-0.2, -0.15) is 13.2 Å². The second-order valence-corrected chi connectivity index (χ2v) is 5.94. The molecule has 7 nitrogen and oxygen atoms in total. The Labute approximate surface area is 159 Å². The van der Waals surface area contributed by atoms with Crippen LogP contribution in [0.5, 0.6) is 0 Å². The van der Waals surface area contributed by atoms with Crippen molar-refractivity contribution >= 4 is 29.1 Å². The van der Waals surface area contributed by atoms with Gasteiger partial charge in [0, 0.05) is 20.0 Å². The molecule has 0 aliphatic rings. The summed E-state index contributed by atoms with van der Waals surface area (Å²) in [5.41, 5.74) is 0.296. The number of carbonyl (C=O) groups excluding carboxylic acids is 2. The van der Waals surface area contributed by atoms with E-state index in [1.54, 1.807) is 6.92 Å². The fraction of sp³-hybridized carbons (Fsp3) is 0.438. The lowest BCUT2D eigenvalue weighted by Crippen LogP contribution is -2.39. The van der Waals surface area contributed by atoms with Crippen LogP contribution in [0.15, 0.2) is 29.8 Å². The molecule has 0 radical (unpaired) electrons. The minimum atomic E-state index is -4.48. The Morgan fingerprint density at radius 2 is 1.96 bits per heavy atom. The van der Waals surface area contributed by atoms with Crippen LogP contribution in [0.4, 0.5) is 18.9 Å². The topological polar surface area (TPSA) is 95.1 Å². The summed E-state index contributed by atoms with van der Waals surface area (Å²) < 4.78 is 37.9. The zero-order valence-corrected chi connectivity index (χ0v) is 15.8. The normalized spacial score (nSPS) is 13.3. The number of pyridine rings is 1. The lowest BCUT2D eigenvalue weighted by atomic mass is 10.1. The van der Waals surface area contributed by atoms with Crippen molar-refractivity contribution in [3.63, 3.8) is 0 Å². The number of likely N-dealkylation sites (N-methyl/N-ethyl adjacent to an activating group) is 1. The van der Waals surface area contributed by atoms with Gasteiger partial charge in [0.15, 0.2) is 0 Å². The maximum Gasteiger partial charge on any atom is 0.392 e. The van der Waals surface area contributed by atoms with Gasteiger partial charge in [-0.1, -0.05) is 18.5 Å². The molecule has 1 aromatic heterocycles. The van der Waals surface area contributed by atoms with Gasteiger partial charge in [0.25, 0.3) is 5.91 Å². The summed E-state index contributed by atoms with van der Waals surface area (Å²) in [6.45, 7) is 2.94. The van der Waals surface area contributed by atoms with E-state index in [0.29, 0.717) is 12.2 Å². The Balaban J connectivity index is 2.96. The Morgan fingerprint density at radius 3 is 2.44 bits per heavy atom. The fourth-order valence-corrected chi connectivity index (χ4v) is 2.06. The van der Waals surface area contributed by atoms with E-state index < -0.39 is 30.3 Å². The standard InChI is InChI=1S/C16H21ClF3N5O2/c1-4-22-14(25-12(26)7-9(2)16(18,19)20)13(21-3)15(27)24-10-5-6-11(17)23-8-10/h5-6,8-9,21-22H,4,7H2,1-3H3,(H,24,27)(H,25,26)/b14-13+. The number of hydrogen-bond acceptors (Lipinski definition) is 5. The molecule has 0 spiro atoms. The minimum absolute atomic E-state index is 0.0289. The lowest BCUT2D eigenvalue weighted by molar-refractivity contribution is -0.174. The lowest BCUT2D eigenvalue weighted by Gasteiger charge is -2.19. The Hall–Kier alpha value is -2.49. The molecule has 0 bridgehead atoms. The number of halogens is 4. The third kappa shape index (κ3) is 7.33. The van der Waals surface area contributed by atoms with E-state index in [1.165, 1.54) is 25.4 Å². The molecule has 0 saturated heterocycles. The van der Waals surface area contributed by atoms with Crippen molar-refractivity contribution in [2.24, 2.45) is 5.92 Å². The predicted molar refractivity (Wildman–Crippen MR) is 95.6 cm³/mol. The van der Waals surface area contributed by atoms with Crippen molar-refractivity contribution in [2.45, 2.75) is 26.4 Å². The molecular weight excluding hydrogens is 387 g/mol. The van der Waals surface area contributed by atoms with Gasteiger partial charge in [0.1, 0.15) is 16.7 Å². The van der Waals surface area contributed by atoms with Crippen molar-refractivity contribution in [3.8, 4) is 0 Å². The summed E-state index contributed by atoms with van der Waals surface area (Å²) in [5.74, 6) is -3.34. The van der Waals surface area contributed by atoms with E-state index in [2.05, 4.69) is 26.3 Å². The van der Waals surface area contributed by atoms with Crippen LogP contribution in [0.3, 0.4) is 0 Å². The number of nitrogens with zero attached hydrogens (tertiary/aromatic N) is 1. The molecule has 11 heteroatoms. The summed E-state index contributed by atoms with van der Waals surface area (Å²) in [6.07, 6.45) is -3.91. The molecule has 0 fully saturated rings. The molecule has 0 aliphatic heterocycles. The molecule has 0 aromatic carbocycles. The van der Waals surface area contributed by atoms with Crippen LogP contribution in [-0.4, -0.2) is 36.6 Å². The first-order chi connectivity index (χ1) is 12.6. The van der Waals surface area contributed by atoms with Gasteiger partial charge in [-0.25, -0.2) is 4.98 Å². The maximum absolute atomic E-state index is 12.6. The Kier molecular flexibility index (Phi) is 8.35. The maximum atomic E-state index is 12.6. The number of rotatable bonds is 8. The van der Waals surface area contributed by atoms with Crippen LogP contribution in [0.1, 0.15) is 20.3 Å². The number of alkyl halides is 3. The van der Waals surface area contributed by atoms with Gasteiger partial charge in [-0.15, -0.1) is 0 Å². The first-order valence-corrected chi connectivity index (χ1v) is 8.41. The highest BCUT2D eigenvalue weighted by molar-refractivity contribution is 6.29. The van der Waals surface area contributed by atoms with Gasteiger partial charge >= 0.3 is 6.18 Å². The third-order valence-corrected chi connectivity index (χ3v) is 3.60. The van der Waals surface area contributed by atoms with Crippen LogP contribution in [0.2, 0.25) is 5.15 Å². The molecular formula is C16H21ClF3N5O2. The number of carbonyl (C=O) groups is 2. The van der Waals surface area contributed by atoms with Crippen molar-refractivity contribution in [3.05, 3.63) is 35.0 Å². The van der Waals surface area contributed by atoms with Crippen LogP contribution < -0.4 is 21.3 Å². The van der Waals surface area contributed by atoms with E-state index in [-0.39, 0.29) is 16.7 Å². The molecule has 0 saturated carbocycles. The minimum Gasteiger partial charge on any atom is -0.381 e. The SMILES string of the molecule is CCN/C(NC(=O)CC(C)C(F)(F)F)=C(\NC)C(=O)Nc1ccc(Cl)nc1. The van der Waals surface area contributed by atoms with Gasteiger partial charge in [-0.3, -0.25) is 9.59 Å². The molecule has 150 valence electrons. The van der Waals surface area contributed by atoms with Crippen LogP contribution >= 0.6 is 11.6 Å². The molecule has 1 atom stereocenters. The van der Waals surface area contributed by atoms with E-state index >= 15 is 0 Å². The molecule has 1 aromatic rings. The molecule has 2 amide bonds. The molecule has 1 rings (SSSR count). The monoisotopic (exact) mass is 407 g/mol. The second-order valence-electron chi connectivity index (χ2n) is 5.55. The first-order valence-electron chi connectivity index (χ1n) is 8.03. The zero-order valence-electron chi connectivity index (χ0n) is 15.0. The molecule has 1 heterocycles. The van der Waals surface area contributed by atoms with Gasteiger partial charge in [-0.05, 0) is 19.1 Å². The molecule has 0 aliphatic carbocycles. The average Bonchev–Trinajstić information content (AvgIpc) is 2.56. The van der Waals surface area contributed by atoms with E-state index in [4.69, 9.17) is 11.6 Å². The van der Waals surface area contributed by atoms with Crippen molar-refractivity contribution in [1.29, 1.82) is 0 Å². The van der Waals surface area contributed by atoms with Crippen molar-refractivity contribution < 1.29 is 22.8 Å². The predicted octanol–water partition coefficient (Wildman–Crippen LogP) is 2.38. The second kappa shape index (κ2) is 10.0. The summed E-state index contributed by atoms with van der Waals surface area (Å²) in [4.78, 5) is 28.2. The Morgan fingerprint density at radius 1 is 1.30 bits per heavy atom. The largest absolute Gasteiger partial charge is 0.392 e. The summed E-state index contributed by atoms with van der Waals surface area (Å²) in [5, 5.41) is 10.5. The number of aromatic nitrogens is 1. The number of amides is 2. The van der Waals surface area contributed by atoms with Crippen LogP contribution in [-0.2, 0) is 9.59 Å². The van der Waals surface area contributed by atoms with Gasteiger partial charge in [0.05, 0.1) is 17.8 Å². The average molecular weight is 408 g/mol. The highest BCUT2D eigenvalue weighted by atomic mass is 35.5. The third-order valence-electron chi connectivity index (χ3n) is 3.38. The zero-order chi connectivity index (χ0) is 20.6.